The van der Waals surface area contributed by atoms with Crippen molar-refractivity contribution in [2.24, 2.45) is 0 Å². The van der Waals surface area contributed by atoms with E-state index in [1.165, 1.54) is 15.3 Å². The average molecular weight is 281 g/mol. The molecule has 18 heavy (non-hydrogen) atoms. The van der Waals surface area contributed by atoms with Crippen molar-refractivity contribution in [2.45, 2.75) is 26.3 Å². The summed E-state index contributed by atoms with van der Waals surface area (Å²) in [5.41, 5.74) is 2.49. The first-order valence-corrected chi connectivity index (χ1v) is 7.14. The summed E-state index contributed by atoms with van der Waals surface area (Å²) >= 11 is 8.01. The number of thiophene rings is 1. The Hall–Kier alpha value is -0.900. The minimum Gasteiger partial charge on any atom is -0.312 e. The van der Waals surface area contributed by atoms with E-state index in [9.17, 15) is 0 Å². The first-order chi connectivity index (χ1) is 8.61. The molecule has 2 aromatic heterocycles. The Labute approximate surface area is 117 Å². The molecule has 2 rings (SSSR count). The van der Waals surface area contributed by atoms with Crippen molar-refractivity contribution < 1.29 is 0 Å². The summed E-state index contributed by atoms with van der Waals surface area (Å²) < 4.78 is 0. The summed E-state index contributed by atoms with van der Waals surface area (Å²) in [6, 6.07) is 4.55. The Morgan fingerprint density at radius 3 is 2.78 bits per heavy atom. The molecular weight excluding hydrogens is 264 g/mol. The molecule has 2 aromatic rings. The van der Waals surface area contributed by atoms with Crippen LogP contribution in [0.1, 0.15) is 26.9 Å². The van der Waals surface area contributed by atoms with Gasteiger partial charge in [-0.2, -0.15) is 0 Å². The highest BCUT2D eigenvalue weighted by atomic mass is 35.5. The summed E-state index contributed by atoms with van der Waals surface area (Å²) in [6.07, 6.45) is 4.38. The normalized spacial score (nSPS) is 12.7. The molecule has 2 nitrogen and oxygen atoms in total. The molecule has 0 aliphatic heterocycles. The van der Waals surface area contributed by atoms with Gasteiger partial charge < -0.3 is 5.32 Å². The Balaban J connectivity index is 2.22. The molecule has 0 saturated carbocycles. The van der Waals surface area contributed by atoms with E-state index >= 15 is 0 Å². The fourth-order valence-corrected chi connectivity index (χ4v) is 3.26. The molecule has 0 bridgehead atoms. The summed E-state index contributed by atoms with van der Waals surface area (Å²) in [4.78, 5) is 6.76. The number of hydrogen-bond donors (Lipinski definition) is 1. The maximum absolute atomic E-state index is 6.16. The van der Waals surface area contributed by atoms with Gasteiger partial charge in [-0.15, -0.1) is 11.3 Å². The molecule has 2 heterocycles. The highest BCUT2D eigenvalue weighted by molar-refractivity contribution is 7.12. The second-order valence-corrected chi connectivity index (χ2v) is 6.10. The van der Waals surface area contributed by atoms with Crippen LogP contribution in [0, 0.1) is 13.8 Å². The van der Waals surface area contributed by atoms with E-state index in [-0.39, 0.29) is 0 Å². The lowest BCUT2D eigenvalue weighted by Crippen LogP contribution is -2.17. The van der Waals surface area contributed by atoms with E-state index in [0.717, 1.165) is 17.0 Å². The number of pyridine rings is 1. The number of rotatable bonds is 4. The molecule has 0 saturated heterocycles. The highest BCUT2D eigenvalue weighted by Crippen LogP contribution is 2.29. The molecule has 0 radical (unpaired) electrons. The monoisotopic (exact) mass is 280 g/mol. The third kappa shape index (κ3) is 2.91. The molecule has 0 aliphatic rings. The second-order valence-electron chi connectivity index (χ2n) is 4.40. The van der Waals surface area contributed by atoms with E-state index in [2.05, 4.69) is 30.2 Å². The summed E-state index contributed by atoms with van der Waals surface area (Å²) in [7, 11) is 1.99. The smallest absolute Gasteiger partial charge is 0.0622 e. The van der Waals surface area contributed by atoms with E-state index in [1.54, 1.807) is 12.4 Å². The van der Waals surface area contributed by atoms with Gasteiger partial charge in [-0.1, -0.05) is 11.6 Å². The quantitative estimate of drug-likeness (QED) is 0.918. The minimum absolute atomic E-state index is 0.308. The largest absolute Gasteiger partial charge is 0.312 e. The van der Waals surface area contributed by atoms with Gasteiger partial charge in [0.15, 0.2) is 0 Å². The van der Waals surface area contributed by atoms with Gasteiger partial charge in [0.05, 0.1) is 5.02 Å². The number of nitrogens with zero attached hydrogens (tertiary/aromatic N) is 1. The lowest BCUT2D eigenvalue weighted by Gasteiger charge is -2.15. The number of aryl methyl sites for hydroxylation is 2. The Bertz CT molecular complexity index is 517. The van der Waals surface area contributed by atoms with Crippen molar-refractivity contribution in [2.75, 3.05) is 7.05 Å². The van der Waals surface area contributed by atoms with Gasteiger partial charge in [-0.25, -0.2) is 0 Å². The molecule has 4 heteroatoms. The zero-order chi connectivity index (χ0) is 13.1. The minimum atomic E-state index is 0.308. The van der Waals surface area contributed by atoms with Crippen LogP contribution in [0.5, 0.6) is 0 Å². The molecule has 0 spiro atoms. The zero-order valence-electron chi connectivity index (χ0n) is 10.8. The van der Waals surface area contributed by atoms with Crippen LogP contribution in [-0.2, 0) is 6.42 Å². The van der Waals surface area contributed by atoms with E-state index in [1.807, 2.05) is 24.5 Å². The molecule has 0 fully saturated rings. The number of nitrogens with one attached hydrogen (secondary N) is 1. The van der Waals surface area contributed by atoms with Crippen molar-refractivity contribution in [3.63, 3.8) is 0 Å². The summed E-state index contributed by atoms with van der Waals surface area (Å²) in [5, 5.41) is 4.10. The molecule has 0 aromatic carbocycles. The van der Waals surface area contributed by atoms with Crippen molar-refractivity contribution in [3.8, 4) is 0 Å². The second kappa shape index (κ2) is 5.83. The first-order valence-electron chi connectivity index (χ1n) is 5.94. The van der Waals surface area contributed by atoms with Gasteiger partial charge in [-0.3, -0.25) is 4.98 Å². The fourth-order valence-electron chi connectivity index (χ4n) is 1.91. The van der Waals surface area contributed by atoms with Crippen LogP contribution in [0.4, 0.5) is 0 Å². The molecule has 1 unspecified atom stereocenters. The lowest BCUT2D eigenvalue weighted by atomic mass is 10.1. The fraction of sp³-hybridized carbons (Fsp3) is 0.357. The van der Waals surface area contributed by atoms with Crippen LogP contribution < -0.4 is 5.32 Å². The third-order valence-electron chi connectivity index (χ3n) is 3.16. The predicted octanol–water partition coefficient (Wildman–Crippen LogP) is 3.92. The van der Waals surface area contributed by atoms with Crippen molar-refractivity contribution in [1.29, 1.82) is 0 Å². The maximum atomic E-state index is 6.16. The van der Waals surface area contributed by atoms with Crippen LogP contribution >= 0.6 is 22.9 Å². The molecule has 0 amide bonds. The van der Waals surface area contributed by atoms with Gasteiger partial charge in [0.1, 0.15) is 0 Å². The van der Waals surface area contributed by atoms with Crippen LogP contribution in [0.2, 0.25) is 5.02 Å². The lowest BCUT2D eigenvalue weighted by molar-refractivity contribution is 0.601. The van der Waals surface area contributed by atoms with Crippen molar-refractivity contribution in [3.05, 3.63) is 50.4 Å². The van der Waals surface area contributed by atoms with Crippen LogP contribution in [-0.4, -0.2) is 12.0 Å². The van der Waals surface area contributed by atoms with E-state index in [0.29, 0.717) is 6.04 Å². The predicted molar refractivity (Wildman–Crippen MR) is 78.5 cm³/mol. The maximum Gasteiger partial charge on any atom is 0.0622 e. The topological polar surface area (TPSA) is 24.9 Å². The molecular formula is C14H17ClN2S. The molecule has 96 valence electrons. The van der Waals surface area contributed by atoms with Crippen LogP contribution in [0.15, 0.2) is 24.5 Å². The van der Waals surface area contributed by atoms with E-state index < -0.39 is 0 Å². The SMILES string of the molecule is CNC(Cc1ccncc1Cl)c1cc(C)c(C)s1. The molecule has 1 N–H and O–H groups in total. The highest BCUT2D eigenvalue weighted by Gasteiger charge is 2.15. The van der Waals surface area contributed by atoms with Gasteiger partial charge in [-0.05, 0) is 50.6 Å². The van der Waals surface area contributed by atoms with Crippen LogP contribution in [0.3, 0.4) is 0 Å². The van der Waals surface area contributed by atoms with E-state index in [4.69, 9.17) is 11.6 Å². The van der Waals surface area contributed by atoms with Crippen molar-refractivity contribution >= 4 is 22.9 Å². The Morgan fingerprint density at radius 1 is 1.44 bits per heavy atom. The number of aromatic nitrogens is 1. The Morgan fingerprint density at radius 2 is 2.22 bits per heavy atom. The first kappa shape index (κ1) is 13.5. The van der Waals surface area contributed by atoms with Gasteiger partial charge >= 0.3 is 0 Å². The van der Waals surface area contributed by atoms with Crippen molar-refractivity contribution in [1.82, 2.24) is 10.3 Å². The van der Waals surface area contributed by atoms with Gasteiger partial charge in [0, 0.05) is 28.2 Å². The Kier molecular flexibility index (Phi) is 4.38. The number of hydrogen-bond acceptors (Lipinski definition) is 3. The average Bonchev–Trinajstić information content (AvgIpc) is 2.68. The standard InChI is InChI=1S/C14H17ClN2S/c1-9-6-14(18-10(9)2)13(16-3)7-11-4-5-17-8-12(11)15/h4-6,8,13,16H,7H2,1-3H3. The molecule has 1 atom stereocenters. The summed E-state index contributed by atoms with van der Waals surface area (Å²) in [5.74, 6) is 0. The number of halogens is 1. The van der Waals surface area contributed by atoms with Crippen LogP contribution in [0.25, 0.3) is 0 Å². The zero-order valence-corrected chi connectivity index (χ0v) is 12.4. The third-order valence-corrected chi connectivity index (χ3v) is 4.76. The number of likely N-dealkylation sites (N-methyl/N-ethyl adjacent to an activating group) is 1. The summed E-state index contributed by atoms with van der Waals surface area (Å²) in [6.45, 7) is 4.32. The molecule has 0 aliphatic carbocycles. The van der Waals surface area contributed by atoms with Gasteiger partial charge in [0.25, 0.3) is 0 Å². The van der Waals surface area contributed by atoms with Gasteiger partial charge in [0.2, 0.25) is 0 Å².